The van der Waals surface area contributed by atoms with Gasteiger partial charge in [-0.2, -0.15) is 0 Å². The molecule has 0 radical (unpaired) electrons. The molecule has 0 saturated heterocycles. The summed E-state index contributed by atoms with van der Waals surface area (Å²) < 4.78 is 17.5. The Morgan fingerprint density at radius 3 is 2.74 bits per heavy atom. The van der Waals surface area contributed by atoms with Gasteiger partial charge < -0.3 is 19.0 Å². The number of nitro benzene ring substituents is 1. The molecule has 35 heavy (non-hydrogen) atoms. The van der Waals surface area contributed by atoms with Gasteiger partial charge in [0.2, 0.25) is 5.89 Å². The number of hydrogen-bond acceptors (Lipinski definition) is 7. The number of benzene rings is 2. The third-order valence-corrected chi connectivity index (χ3v) is 6.57. The first-order valence-corrected chi connectivity index (χ1v) is 12.0. The molecule has 1 aromatic heterocycles. The van der Waals surface area contributed by atoms with Crippen LogP contribution in [0.15, 0.2) is 46.9 Å². The Hall–Kier alpha value is -3.23. The molecular weight excluding hydrogens is 448 g/mol. The van der Waals surface area contributed by atoms with Crippen LogP contribution in [0.3, 0.4) is 0 Å². The van der Waals surface area contributed by atoms with Crippen molar-refractivity contribution in [2.24, 2.45) is 5.92 Å². The number of aliphatic hydroxyl groups excluding tert-OH is 1. The highest BCUT2D eigenvalue weighted by atomic mass is 16.6. The van der Waals surface area contributed by atoms with E-state index in [1.54, 1.807) is 25.1 Å². The maximum Gasteiger partial charge on any atom is 0.313 e. The monoisotopic (exact) mass is 480 g/mol. The number of rotatable bonds is 9. The maximum atomic E-state index is 11.3. The van der Waals surface area contributed by atoms with Crippen molar-refractivity contribution in [1.29, 1.82) is 0 Å². The average molecular weight is 481 g/mol. The molecule has 1 fully saturated rings. The van der Waals surface area contributed by atoms with Gasteiger partial charge in [0.25, 0.3) is 0 Å². The van der Waals surface area contributed by atoms with Gasteiger partial charge in [-0.15, -0.1) is 0 Å². The fourth-order valence-corrected chi connectivity index (χ4v) is 4.78. The number of aromatic nitrogens is 1. The van der Waals surface area contributed by atoms with Crippen LogP contribution in [0.1, 0.15) is 54.4 Å². The highest BCUT2D eigenvalue weighted by molar-refractivity contribution is 5.55. The van der Waals surface area contributed by atoms with Gasteiger partial charge in [-0.3, -0.25) is 10.1 Å². The molecular formula is C27H32N2O6. The summed E-state index contributed by atoms with van der Waals surface area (Å²) >= 11 is 0. The topological polar surface area (TPSA) is 108 Å². The molecule has 0 amide bonds. The van der Waals surface area contributed by atoms with Crippen molar-refractivity contribution < 1.29 is 23.9 Å². The van der Waals surface area contributed by atoms with Crippen LogP contribution in [0, 0.1) is 36.8 Å². The standard InChI is InChI=1S/C27H32N2O6/c1-17-7-4-10-21(15-17)27-28-24(19(3)35-27)26(30)20-9-6-11-22(16-20)33-13-14-34-23-12-5-8-18(2)25(23)29(31)32/h4-5,7-8,10,12,15,20,22,26,30H,6,9,11,13-14,16H2,1-3H3. The fraction of sp³-hybridized carbons (Fsp3) is 0.444. The third kappa shape index (κ3) is 5.89. The van der Waals surface area contributed by atoms with Crippen molar-refractivity contribution in [3.8, 4) is 17.2 Å². The molecule has 2 aromatic carbocycles. The summed E-state index contributed by atoms with van der Waals surface area (Å²) in [6, 6.07) is 13.0. The first kappa shape index (κ1) is 24.9. The fourth-order valence-electron chi connectivity index (χ4n) is 4.78. The molecule has 1 aliphatic carbocycles. The molecule has 186 valence electrons. The summed E-state index contributed by atoms with van der Waals surface area (Å²) in [7, 11) is 0. The Bertz CT molecular complexity index is 1170. The maximum absolute atomic E-state index is 11.3. The predicted molar refractivity (Wildman–Crippen MR) is 131 cm³/mol. The highest BCUT2D eigenvalue weighted by Crippen LogP contribution is 2.37. The van der Waals surface area contributed by atoms with Crippen LogP contribution in [-0.2, 0) is 4.74 Å². The molecule has 1 N–H and O–H groups in total. The molecule has 3 atom stereocenters. The lowest BCUT2D eigenvalue weighted by Crippen LogP contribution is -2.28. The van der Waals surface area contributed by atoms with E-state index in [1.165, 1.54) is 0 Å². The van der Waals surface area contributed by atoms with Gasteiger partial charge in [0, 0.05) is 11.1 Å². The first-order chi connectivity index (χ1) is 16.8. The molecule has 1 aliphatic rings. The van der Waals surface area contributed by atoms with Crippen LogP contribution < -0.4 is 4.74 Å². The average Bonchev–Trinajstić information content (AvgIpc) is 3.23. The van der Waals surface area contributed by atoms with E-state index in [0.717, 1.165) is 30.4 Å². The van der Waals surface area contributed by atoms with Crippen molar-refractivity contribution in [3.63, 3.8) is 0 Å². The van der Waals surface area contributed by atoms with Crippen molar-refractivity contribution in [3.05, 3.63) is 75.2 Å². The lowest BCUT2D eigenvalue weighted by atomic mass is 9.82. The van der Waals surface area contributed by atoms with Crippen LogP contribution in [0.2, 0.25) is 0 Å². The normalized spacial score (nSPS) is 18.9. The van der Waals surface area contributed by atoms with Crippen LogP contribution in [0.25, 0.3) is 11.5 Å². The molecule has 1 saturated carbocycles. The van der Waals surface area contributed by atoms with Crippen LogP contribution >= 0.6 is 0 Å². The lowest BCUT2D eigenvalue weighted by molar-refractivity contribution is -0.386. The van der Waals surface area contributed by atoms with Gasteiger partial charge in [0.05, 0.1) is 17.6 Å². The molecule has 0 aliphatic heterocycles. The lowest BCUT2D eigenvalue weighted by Gasteiger charge is -2.31. The Morgan fingerprint density at radius 2 is 1.97 bits per heavy atom. The number of nitrogens with zero attached hydrogens (tertiary/aromatic N) is 2. The van der Waals surface area contributed by atoms with Crippen LogP contribution in [0.5, 0.6) is 5.75 Å². The van der Waals surface area contributed by atoms with E-state index in [1.807, 2.05) is 38.1 Å². The quantitative estimate of drug-likeness (QED) is 0.232. The minimum absolute atomic E-state index is 0.0112. The second-order valence-corrected chi connectivity index (χ2v) is 9.22. The first-order valence-electron chi connectivity index (χ1n) is 12.0. The van der Waals surface area contributed by atoms with E-state index in [9.17, 15) is 15.2 Å². The Kier molecular flexibility index (Phi) is 7.83. The van der Waals surface area contributed by atoms with Crippen molar-refractivity contribution in [1.82, 2.24) is 4.98 Å². The van der Waals surface area contributed by atoms with E-state index in [2.05, 4.69) is 4.98 Å². The summed E-state index contributed by atoms with van der Waals surface area (Å²) in [4.78, 5) is 15.5. The molecule has 3 aromatic rings. The largest absolute Gasteiger partial charge is 0.484 e. The van der Waals surface area contributed by atoms with E-state index in [0.29, 0.717) is 35.9 Å². The molecule has 0 spiro atoms. The molecule has 8 heteroatoms. The number of oxazole rings is 1. The van der Waals surface area contributed by atoms with E-state index in [4.69, 9.17) is 13.9 Å². The number of aryl methyl sites for hydroxylation is 3. The van der Waals surface area contributed by atoms with Gasteiger partial charge >= 0.3 is 5.69 Å². The second kappa shape index (κ2) is 11.0. The zero-order valence-corrected chi connectivity index (χ0v) is 20.4. The van der Waals surface area contributed by atoms with Gasteiger partial charge in [-0.05, 0) is 64.2 Å². The number of nitro groups is 1. The van der Waals surface area contributed by atoms with E-state index >= 15 is 0 Å². The minimum Gasteiger partial charge on any atom is -0.484 e. The zero-order valence-electron chi connectivity index (χ0n) is 20.4. The molecule has 0 bridgehead atoms. The van der Waals surface area contributed by atoms with Crippen molar-refractivity contribution in [2.45, 2.75) is 58.7 Å². The van der Waals surface area contributed by atoms with E-state index < -0.39 is 11.0 Å². The number of aliphatic hydroxyl groups is 1. The van der Waals surface area contributed by atoms with Crippen LogP contribution in [0.4, 0.5) is 5.69 Å². The third-order valence-electron chi connectivity index (χ3n) is 6.57. The Morgan fingerprint density at radius 1 is 1.17 bits per heavy atom. The molecule has 8 nitrogen and oxygen atoms in total. The SMILES string of the molecule is Cc1cccc(-c2nc(C(O)C3CCCC(OCCOc4cccc(C)c4[N+](=O)[O-])C3)c(C)o2)c1. The summed E-state index contributed by atoms with van der Waals surface area (Å²) in [6.07, 6.45) is 2.70. The second-order valence-electron chi connectivity index (χ2n) is 9.22. The summed E-state index contributed by atoms with van der Waals surface area (Å²) in [6.45, 7) is 6.08. The van der Waals surface area contributed by atoms with Gasteiger partial charge in [-0.1, -0.05) is 36.2 Å². The van der Waals surface area contributed by atoms with Crippen molar-refractivity contribution >= 4 is 5.69 Å². The van der Waals surface area contributed by atoms with Gasteiger partial charge in [0.1, 0.15) is 24.2 Å². The number of para-hydroxylation sites is 1. The Balaban J connectivity index is 1.33. The molecule has 3 unspecified atom stereocenters. The van der Waals surface area contributed by atoms with Gasteiger partial charge in [-0.25, -0.2) is 4.98 Å². The number of hydrogen-bond donors (Lipinski definition) is 1. The zero-order chi connectivity index (χ0) is 24.9. The summed E-state index contributed by atoms with van der Waals surface area (Å²) in [5, 5.41) is 22.4. The smallest absolute Gasteiger partial charge is 0.313 e. The molecule has 4 rings (SSSR count). The van der Waals surface area contributed by atoms with Gasteiger partial charge in [0.15, 0.2) is 5.75 Å². The summed E-state index contributed by atoms with van der Waals surface area (Å²) in [5.41, 5.74) is 3.15. The summed E-state index contributed by atoms with van der Waals surface area (Å²) in [5.74, 6) is 1.42. The highest BCUT2D eigenvalue weighted by Gasteiger charge is 2.32. The van der Waals surface area contributed by atoms with Crippen LogP contribution in [-0.4, -0.2) is 34.3 Å². The Labute approximate surface area is 205 Å². The van der Waals surface area contributed by atoms with Crippen molar-refractivity contribution in [2.75, 3.05) is 13.2 Å². The van der Waals surface area contributed by atoms with E-state index in [-0.39, 0.29) is 30.1 Å². The molecule has 1 heterocycles. The predicted octanol–water partition coefficient (Wildman–Crippen LogP) is 5.86. The minimum atomic E-state index is -0.727. The number of ether oxygens (including phenoxy) is 2.